The first-order valence-electron chi connectivity index (χ1n) is 9.57. The average molecular weight is 436 g/mol. The summed E-state index contributed by atoms with van der Waals surface area (Å²) in [5.41, 5.74) is 2.50. The van der Waals surface area contributed by atoms with Crippen LogP contribution in [0.15, 0.2) is 29.3 Å². The summed E-state index contributed by atoms with van der Waals surface area (Å²) in [6.07, 6.45) is 0. The third-order valence-electron chi connectivity index (χ3n) is 4.60. The van der Waals surface area contributed by atoms with Crippen molar-refractivity contribution in [2.45, 2.75) is 44.6 Å². The molecule has 0 fully saturated rings. The van der Waals surface area contributed by atoms with Gasteiger partial charge < -0.3 is 10.2 Å². The predicted octanol–water partition coefficient (Wildman–Crippen LogP) is 2.88. The van der Waals surface area contributed by atoms with Crippen molar-refractivity contribution in [2.24, 2.45) is 7.05 Å². The molecule has 10 heteroatoms. The van der Waals surface area contributed by atoms with E-state index < -0.39 is 27.0 Å². The van der Waals surface area contributed by atoms with Gasteiger partial charge in [0.05, 0.1) is 0 Å². The Kier molecular flexibility index (Phi) is 6.91. The molecule has 0 atom stereocenters. The van der Waals surface area contributed by atoms with Gasteiger partial charge in [-0.15, -0.1) is 0 Å². The molecule has 2 aromatic rings. The Hall–Kier alpha value is -2.88. The lowest BCUT2D eigenvalue weighted by molar-refractivity contribution is 0.0817. The fourth-order valence-electron chi connectivity index (χ4n) is 3.01. The number of anilines is 1. The number of aromatic nitrogens is 2. The zero-order valence-corrected chi connectivity index (χ0v) is 19.2. The van der Waals surface area contributed by atoms with Crippen molar-refractivity contribution >= 4 is 27.6 Å². The summed E-state index contributed by atoms with van der Waals surface area (Å²) in [7, 11) is 0.289. The molecule has 0 unspecified atom stereocenters. The minimum absolute atomic E-state index is 0.0908. The maximum absolute atomic E-state index is 12.7. The van der Waals surface area contributed by atoms with E-state index in [-0.39, 0.29) is 17.5 Å². The molecule has 0 saturated heterocycles. The second-order valence-corrected chi connectivity index (χ2v) is 9.50. The van der Waals surface area contributed by atoms with Gasteiger partial charge in [0, 0.05) is 32.9 Å². The summed E-state index contributed by atoms with van der Waals surface area (Å²) in [4.78, 5) is 26.0. The fourth-order valence-corrected chi connectivity index (χ4v) is 3.91. The molecule has 0 radical (unpaired) electrons. The first-order valence-corrected chi connectivity index (χ1v) is 11.1. The number of hydrogen-bond donors (Lipinski definition) is 2. The molecular formula is C20H29N5O4S. The van der Waals surface area contributed by atoms with Crippen LogP contribution >= 0.6 is 0 Å². The van der Waals surface area contributed by atoms with Crippen LogP contribution in [0, 0.1) is 0 Å². The Morgan fingerprint density at radius 1 is 1.07 bits per heavy atom. The monoisotopic (exact) mass is 435 g/mol. The Morgan fingerprint density at radius 2 is 1.60 bits per heavy atom. The maximum Gasteiger partial charge on any atom is 0.333 e. The fraction of sp³-hybridized carbons (Fsp3) is 0.450. The molecule has 0 aliphatic rings. The molecule has 2 N–H and O–H groups in total. The maximum atomic E-state index is 12.7. The second kappa shape index (κ2) is 8.86. The molecule has 2 rings (SSSR count). The van der Waals surface area contributed by atoms with E-state index >= 15 is 0 Å². The Bertz CT molecular complexity index is 1030. The van der Waals surface area contributed by atoms with Gasteiger partial charge in [0.25, 0.3) is 15.9 Å². The molecule has 0 aliphatic heterocycles. The van der Waals surface area contributed by atoms with Gasteiger partial charge in [-0.3, -0.25) is 9.48 Å². The topological polar surface area (TPSA) is 113 Å². The highest BCUT2D eigenvalue weighted by molar-refractivity contribution is 7.90. The molecule has 0 aliphatic carbocycles. The number of carbonyl (C=O) groups excluding carboxylic acids is 2. The first-order chi connectivity index (χ1) is 13.8. The van der Waals surface area contributed by atoms with E-state index in [1.54, 1.807) is 14.1 Å². The predicted molar refractivity (Wildman–Crippen MR) is 115 cm³/mol. The number of carbonyl (C=O) groups is 2. The lowest BCUT2D eigenvalue weighted by atomic mass is 9.93. The largest absolute Gasteiger partial charge is 0.343 e. The van der Waals surface area contributed by atoms with Gasteiger partial charge in [0.2, 0.25) is 0 Å². The van der Waals surface area contributed by atoms with Crippen LogP contribution in [-0.4, -0.2) is 49.1 Å². The number of amides is 3. The minimum atomic E-state index is -4.27. The van der Waals surface area contributed by atoms with Crippen LogP contribution in [-0.2, 0) is 17.1 Å². The number of sulfonamides is 1. The standard InChI is InChI=1S/C20H29N5O4S/c1-12(2)14-9-8-10-15(13(3)4)18(14)21-20(27)23-30(28,29)17-11-16(25(7)22-17)19(26)24(5)6/h8-13H,1-7H3,(H2,21,23,27). The van der Waals surface area contributed by atoms with Crippen LogP contribution in [0.5, 0.6) is 0 Å². The lowest BCUT2D eigenvalue weighted by Gasteiger charge is -2.20. The Balaban J connectivity index is 2.31. The SMILES string of the molecule is CC(C)c1cccc(C(C)C)c1NC(=O)NS(=O)(=O)c1cc(C(=O)N(C)C)n(C)n1. The van der Waals surface area contributed by atoms with Crippen LogP contribution in [0.4, 0.5) is 10.5 Å². The highest BCUT2D eigenvalue weighted by Crippen LogP contribution is 2.32. The van der Waals surface area contributed by atoms with Gasteiger partial charge in [-0.2, -0.15) is 13.5 Å². The Morgan fingerprint density at radius 3 is 2.07 bits per heavy atom. The molecule has 9 nitrogen and oxygen atoms in total. The summed E-state index contributed by atoms with van der Waals surface area (Å²) in [6, 6.07) is 5.97. The number of rotatable bonds is 6. The highest BCUT2D eigenvalue weighted by Gasteiger charge is 2.26. The third-order valence-corrected chi connectivity index (χ3v) is 5.80. The van der Waals surface area contributed by atoms with E-state index in [1.807, 2.05) is 50.6 Å². The molecule has 1 aromatic carbocycles. The smallest absolute Gasteiger partial charge is 0.333 e. The van der Waals surface area contributed by atoms with Gasteiger partial charge in [0.1, 0.15) is 5.69 Å². The first kappa shape index (κ1) is 23.4. The van der Waals surface area contributed by atoms with Gasteiger partial charge in [-0.1, -0.05) is 45.9 Å². The molecule has 3 amide bonds. The molecule has 1 heterocycles. The molecule has 0 saturated carbocycles. The van der Waals surface area contributed by atoms with Gasteiger partial charge in [-0.25, -0.2) is 9.52 Å². The number of nitrogens with zero attached hydrogens (tertiary/aromatic N) is 3. The molecule has 1 aromatic heterocycles. The van der Waals surface area contributed by atoms with E-state index in [4.69, 9.17) is 0 Å². The normalized spacial score (nSPS) is 11.6. The Labute approximate surface area is 177 Å². The number of para-hydroxylation sites is 1. The van der Waals surface area contributed by atoms with Crippen molar-refractivity contribution in [1.29, 1.82) is 0 Å². The van der Waals surface area contributed by atoms with E-state index in [0.717, 1.165) is 17.2 Å². The quantitative estimate of drug-likeness (QED) is 0.724. The van der Waals surface area contributed by atoms with Gasteiger partial charge in [0.15, 0.2) is 5.03 Å². The zero-order chi connectivity index (χ0) is 22.8. The van der Waals surface area contributed by atoms with Crippen molar-refractivity contribution < 1.29 is 18.0 Å². The number of hydrogen-bond acceptors (Lipinski definition) is 5. The summed E-state index contributed by atoms with van der Waals surface area (Å²) < 4.78 is 28.5. The van der Waals surface area contributed by atoms with Crippen LogP contribution in [0.2, 0.25) is 0 Å². The van der Waals surface area contributed by atoms with Crippen molar-refractivity contribution in [3.05, 3.63) is 41.1 Å². The van der Waals surface area contributed by atoms with Crippen LogP contribution in [0.3, 0.4) is 0 Å². The highest BCUT2D eigenvalue weighted by atomic mass is 32.2. The van der Waals surface area contributed by atoms with Crippen molar-refractivity contribution in [2.75, 3.05) is 19.4 Å². The van der Waals surface area contributed by atoms with Crippen molar-refractivity contribution in [1.82, 2.24) is 19.4 Å². The molecule has 164 valence electrons. The van der Waals surface area contributed by atoms with Crippen molar-refractivity contribution in [3.63, 3.8) is 0 Å². The lowest BCUT2D eigenvalue weighted by Crippen LogP contribution is -2.35. The number of nitrogens with one attached hydrogen (secondary N) is 2. The number of urea groups is 1. The molecular weight excluding hydrogens is 406 g/mol. The molecule has 0 spiro atoms. The van der Waals surface area contributed by atoms with Crippen LogP contribution < -0.4 is 10.0 Å². The van der Waals surface area contributed by atoms with Crippen LogP contribution in [0.25, 0.3) is 0 Å². The van der Waals surface area contributed by atoms with Crippen LogP contribution in [0.1, 0.15) is 61.1 Å². The number of aryl methyl sites for hydroxylation is 1. The molecule has 30 heavy (non-hydrogen) atoms. The van der Waals surface area contributed by atoms with Gasteiger partial charge >= 0.3 is 6.03 Å². The summed E-state index contributed by atoms with van der Waals surface area (Å²) in [5.74, 6) is -0.139. The van der Waals surface area contributed by atoms with E-state index in [1.165, 1.54) is 16.6 Å². The minimum Gasteiger partial charge on any atom is -0.343 e. The van der Waals surface area contributed by atoms with Gasteiger partial charge in [-0.05, 0) is 23.0 Å². The van der Waals surface area contributed by atoms with E-state index in [9.17, 15) is 18.0 Å². The number of benzene rings is 1. The average Bonchev–Trinajstić information content (AvgIpc) is 3.02. The summed E-state index contributed by atoms with van der Waals surface area (Å²) in [6.45, 7) is 7.99. The zero-order valence-electron chi connectivity index (χ0n) is 18.3. The van der Waals surface area contributed by atoms with Crippen molar-refractivity contribution in [3.8, 4) is 0 Å². The molecule has 0 bridgehead atoms. The summed E-state index contributed by atoms with van der Waals surface area (Å²) in [5, 5.41) is 6.16. The summed E-state index contributed by atoms with van der Waals surface area (Å²) >= 11 is 0. The van der Waals surface area contributed by atoms with E-state index in [0.29, 0.717) is 5.69 Å². The van der Waals surface area contributed by atoms with E-state index in [2.05, 4.69) is 10.4 Å². The second-order valence-electron chi connectivity index (χ2n) is 7.87. The third kappa shape index (κ3) is 4.99.